The van der Waals surface area contributed by atoms with Crippen LogP contribution in [0.4, 0.5) is 4.39 Å². The summed E-state index contributed by atoms with van der Waals surface area (Å²) in [6.45, 7) is 5.15. The Labute approximate surface area is 111 Å². The number of ether oxygens (including phenoxy) is 1. The van der Waals surface area contributed by atoms with Crippen molar-refractivity contribution in [3.8, 4) is 6.07 Å². The van der Waals surface area contributed by atoms with Gasteiger partial charge in [0.2, 0.25) is 0 Å². The van der Waals surface area contributed by atoms with Crippen LogP contribution in [0.5, 0.6) is 0 Å². The highest BCUT2D eigenvalue weighted by atomic mass is 19.1. The average Bonchev–Trinajstić information content (AvgIpc) is 2.25. The molecule has 1 aromatic rings. The second-order valence-corrected chi connectivity index (χ2v) is 5.19. The Morgan fingerprint density at radius 3 is 2.63 bits per heavy atom. The Kier molecular flexibility index (Phi) is 4.62. The normalized spacial score (nSPS) is 12.6. The van der Waals surface area contributed by atoms with Crippen molar-refractivity contribution in [3.05, 3.63) is 35.1 Å². The van der Waals surface area contributed by atoms with E-state index in [9.17, 15) is 14.3 Å². The maximum Gasteiger partial charge on any atom is 0.309 e. The lowest BCUT2D eigenvalue weighted by molar-refractivity contribution is -0.157. The number of halogens is 1. The van der Waals surface area contributed by atoms with Crippen LogP contribution in [0.2, 0.25) is 0 Å². The summed E-state index contributed by atoms with van der Waals surface area (Å²) >= 11 is 0. The van der Waals surface area contributed by atoms with E-state index in [1.165, 1.54) is 6.07 Å². The van der Waals surface area contributed by atoms with E-state index in [2.05, 4.69) is 0 Å². The van der Waals surface area contributed by atoms with Gasteiger partial charge in [0.05, 0.1) is 24.2 Å². The summed E-state index contributed by atoms with van der Waals surface area (Å²) in [5.41, 5.74) is -0.364. The zero-order valence-electron chi connectivity index (χ0n) is 11.1. The molecule has 19 heavy (non-hydrogen) atoms. The van der Waals surface area contributed by atoms with E-state index in [-0.39, 0.29) is 17.5 Å². The molecule has 102 valence electrons. The molecule has 0 aliphatic carbocycles. The van der Waals surface area contributed by atoms with E-state index in [1.807, 2.05) is 0 Å². The van der Waals surface area contributed by atoms with E-state index in [4.69, 9.17) is 10.00 Å². The molecule has 0 heterocycles. The monoisotopic (exact) mass is 265 g/mol. The van der Waals surface area contributed by atoms with Gasteiger partial charge in [-0.2, -0.15) is 5.26 Å². The Bertz CT molecular complexity index is 514. The maximum absolute atomic E-state index is 13.2. The number of esters is 1. The third kappa shape index (κ3) is 5.06. The van der Waals surface area contributed by atoms with Gasteiger partial charge in [0, 0.05) is 0 Å². The van der Waals surface area contributed by atoms with E-state index < -0.39 is 23.5 Å². The van der Waals surface area contributed by atoms with Crippen molar-refractivity contribution in [3.63, 3.8) is 0 Å². The van der Waals surface area contributed by atoms with Crippen molar-refractivity contribution < 1.29 is 19.0 Å². The van der Waals surface area contributed by atoms with Gasteiger partial charge in [-0.15, -0.1) is 0 Å². The summed E-state index contributed by atoms with van der Waals surface area (Å²) in [5.74, 6) is -1.21. The van der Waals surface area contributed by atoms with E-state index in [1.54, 1.807) is 26.8 Å². The predicted octanol–water partition coefficient (Wildman–Crippen LogP) is 2.46. The van der Waals surface area contributed by atoms with Crippen molar-refractivity contribution in [2.75, 3.05) is 0 Å². The number of rotatable bonds is 3. The fraction of sp³-hybridized carbons (Fsp3) is 0.429. The van der Waals surface area contributed by atoms with E-state index in [0.29, 0.717) is 0 Å². The summed E-state index contributed by atoms with van der Waals surface area (Å²) in [7, 11) is 0. The van der Waals surface area contributed by atoms with Crippen molar-refractivity contribution >= 4 is 5.97 Å². The zero-order chi connectivity index (χ0) is 14.6. The highest BCUT2D eigenvalue weighted by molar-refractivity contribution is 5.70. The van der Waals surface area contributed by atoms with Crippen LogP contribution in [-0.2, 0) is 9.53 Å². The van der Waals surface area contributed by atoms with Crippen LogP contribution in [0.3, 0.4) is 0 Å². The second kappa shape index (κ2) is 5.81. The minimum Gasteiger partial charge on any atom is -0.460 e. The summed E-state index contributed by atoms with van der Waals surface area (Å²) in [6, 6.07) is 5.29. The van der Waals surface area contributed by atoms with E-state index in [0.717, 1.165) is 12.1 Å². The number of aliphatic hydroxyl groups is 1. The van der Waals surface area contributed by atoms with Gasteiger partial charge in [-0.05, 0) is 44.5 Å². The third-order valence-corrected chi connectivity index (χ3v) is 2.21. The summed E-state index contributed by atoms with van der Waals surface area (Å²) < 4.78 is 18.3. The number of hydrogen-bond donors (Lipinski definition) is 1. The minimum absolute atomic E-state index is 0.0956. The molecular weight excluding hydrogens is 249 g/mol. The number of carbonyl (C=O) groups is 1. The fourth-order valence-corrected chi connectivity index (χ4v) is 1.53. The Morgan fingerprint density at radius 2 is 2.11 bits per heavy atom. The van der Waals surface area contributed by atoms with Gasteiger partial charge in [0.15, 0.2) is 0 Å². The first-order valence-electron chi connectivity index (χ1n) is 5.82. The summed E-state index contributed by atoms with van der Waals surface area (Å²) in [6.07, 6.45) is -1.48. The standard InChI is InChI=1S/C14H16FNO3/c1-14(2,3)19-13(18)7-12(17)10-4-9(8-16)5-11(15)6-10/h4-6,12,17H,7H2,1-3H3. The molecule has 0 amide bonds. The van der Waals surface area contributed by atoms with Crippen molar-refractivity contribution in [1.82, 2.24) is 0 Å². The molecule has 5 heteroatoms. The first-order valence-corrected chi connectivity index (χ1v) is 5.82. The molecule has 1 rings (SSSR count). The first kappa shape index (κ1) is 15.1. The van der Waals surface area contributed by atoms with Crippen LogP contribution in [0.1, 0.15) is 44.4 Å². The molecule has 1 N–H and O–H groups in total. The molecule has 1 unspecified atom stereocenters. The van der Waals surface area contributed by atoms with Crippen molar-refractivity contribution in [2.45, 2.75) is 38.9 Å². The number of aliphatic hydroxyl groups excluding tert-OH is 1. The number of hydrogen-bond acceptors (Lipinski definition) is 4. The molecular formula is C14H16FNO3. The van der Waals surface area contributed by atoms with E-state index >= 15 is 0 Å². The highest BCUT2D eigenvalue weighted by Crippen LogP contribution is 2.21. The third-order valence-electron chi connectivity index (χ3n) is 2.21. The van der Waals surface area contributed by atoms with Gasteiger partial charge in [-0.3, -0.25) is 4.79 Å². The number of nitrogens with zero attached hydrogens (tertiary/aromatic N) is 1. The molecule has 0 aromatic heterocycles. The Balaban J connectivity index is 2.79. The van der Waals surface area contributed by atoms with Crippen LogP contribution in [-0.4, -0.2) is 16.7 Å². The molecule has 0 saturated carbocycles. The van der Waals surface area contributed by atoms with Gasteiger partial charge in [0.1, 0.15) is 11.4 Å². The van der Waals surface area contributed by atoms with Crippen molar-refractivity contribution in [2.24, 2.45) is 0 Å². The molecule has 0 spiro atoms. The van der Waals surface area contributed by atoms with Crippen molar-refractivity contribution in [1.29, 1.82) is 5.26 Å². The lowest BCUT2D eigenvalue weighted by atomic mass is 10.0. The first-order chi connectivity index (χ1) is 8.71. The summed E-state index contributed by atoms with van der Waals surface area (Å²) in [4.78, 5) is 11.5. The second-order valence-electron chi connectivity index (χ2n) is 5.19. The molecule has 4 nitrogen and oxygen atoms in total. The quantitative estimate of drug-likeness (QED) is 0.852. The molecule has 0 bridgehead atoms. The minimum atomic E-state index is -1.20. The molecule has 0 fully saturated rings. The van der Waals surface area contributed by atoms with Gasteiger partial charge in [-0.25, -0.2) is 4.39 Å². The smallest absolute Gasteiger partial charge is 0.309 e. The Morgan fingerprint density at radius 1 is 1.47 bits per heavy atom. The molecule has 0 aliphatic heterocycles. The van der Waals surface area contributed by atoms with Crippen LogP contribution < -0.4 is 0 Å². The lowest BCUT2D eigenvalue weighted by Crippen LogP contribution is -2.24. The number of carbonyl (C=O) groups excluding carboxylic acids is 1. The van der Waals surface area contributed by atoms with Gasteiger partial charge < -0.3 is 9.84 Å². The van der Waals surface area contributed by atoms with Gasteiger partial charge >= 0.3 is 5.97 Å². The number of benzene rings is 1. The van der Waals surface area contributed by atoms with Gasteiger partial charge in [-0.1, -0.05) is 0 Å². The molecule has 1 atom stereocenters. The van der Waals surface area contributed by atoms with Crippen LogP contribution in [0.15, 0.2) is 18.2 Å². The summed E-state index contributed by atoms with van der Waals surface area (Å²) in [5, 5.41) is 18.6. The molecule has 0 saturated heterocycles. The lowest BCUT2D eigenvalue weighted by Gasteiger charge is -2.20. The Hall–Kier alpha value is -1.93. The molecule has 1 aromatic carbocycles. The number of nitriles is 1. The fourth-order valence-electron chi connectivity index (χ4n) is 1.53. The average molecular weight is 265 g/mol. The maximum atomic E-state index is 13.2. The van der Waals surface area contributed by atoms with Crippen LogP contribution in [0, 0.1) is 17.1 Å². The molecule has 0 aliphatic rings. The highest BCUT2D eigenvalue weighted by Gasteiger charge is 2.20. The van der Waals surface area contributed by atoms with Crippen LogP contribution in [0.25, 0.3) is 0 Å². The molecule has 0 radical (unpaired) electrons. The topological polar surface area (TPSA) is 70.3 Å². The SMILES string of the molecule is CC(C)(C)OC(=O)CC(O)c1cc(F)cc(C#N)c1. The zero-order valence-corrected chi connectivity index (χ0v) is 11.1. The largest absolute Gasteiger partial charge is 0.460 e. The van der Waals surface area contributed by atoms with Gasteiger partial charge in [0.25, 0.3) is 0 Å². The predicted molar refractivity (Wildman–Crippen MR) is 66.5 cm³/mol. The van der Waals surface area contributed by atoms with Crippen LogP contribution >= 0.6 is 0 Å².